The first-order chi connectivity index (χ1) is 11.6. The Kier molecular flexibility index (Phi) is 8.19. The Labute approximate surface area is 174 Å². The fourth-order valence-electron chi connectivity index (χ4n) is 2.85. The van der Waals surface area contributed by atoms with Gasteiger partial charge in [0, 0.05) is 20.1 Å². The second-order valence-electron chi connectivity index (χ2n) is 7.17. The van der Waals surface area contributed by atoms with Crippen molar-refractivity contribution in [3.8, 4) is 5.75 Å². The molecule has 26 heavy (non-hydrogen) atoms. The molecule has 0 bridgehead atoms. The molecule has 0 amide bonds. The Hall–Kier alpha value is -1.03. The Bertz CT molecular complexity index is 735. The Balaban J connectivity index is 0.00000338. The number of hydrogen-bond acceptors (Lipinski definition) is 4. The fourth-order valence-corrected chi connectivity index (χ4v) is 4.22. The highest BCUT2D eigenvalue weighted by molar-refractivity contribution is 14.0. The molecular formula is C18H30IN3O3S. The van der Waals surface area contributed by atoms with Crippen LogP contribution < -0.4 is 10.1 Å². The van der Waals surface area contributed by atoms with Crippen LogP contribution in [0.4, 0.5) is 0 Å². The van der Waals surface area contributed by atoms with E-state index in [0.717, 1.165) is 11.3 Å². The second-order valence-corrected chi connectivity index (χ2v) is 9.92. The maximum Gasteiger partial charge on any atom is 0.193 e. The van der Waals surface area contributed by atoms with Gasteiger partial charge in [-0.25, -0.2) is 8.42 Å². The zero-order chi connectivity index (χ0) is 18.7. The van der Waals surface area contributed by atoms with Crippen molar-refractivity contribution >= 4 is 39.8 Å². The van der Waals surface area contributed by atoms with Crippen LogP contribution in [0.5, 0.6) is 5.75 Å². The van der Waals surface area contributed by atoms with Crippen molar-refractivity contribution in [2.75, 3.05) is 32.4 Å². The number of aryl methyl sites for hydroxylation is 1. The average molecular weight is 495 g/mol. The van der Waals surface area contributed by atoms with Crippen LogP contribution in [0.25, 0.3) is 0 Å². The van der Waals surface area contributed by atoms with E-state index in [-0.39, 0.29) is 35.8 Å². The van der Waals surface area contributed by atoms with Crippen molar-refractivity contribution in [2.24, 2.45) is 4.99 Å². The van der Waals surface area contributed by atoms with Gasteiger partial charge in [-0.3, -0.25) is 4.99 Å². The molecule has 1 unspecified atom stereocenters. The smallest absolute Gasteiger partial charge is 0.193 e. The van der Waals surface area contributed by atoms with E-state index in [1.807, 2.05) is 43.0 Å². The van der Waals surface area contributed by atoms with Crippen molar-refractivity contribution in [1.29, 1.82) is 0 Å². The lowest BCUT2D eigenvalue weighted by Gasteiger charge is -2.39. The number of rotatable bonds is 4. The van der Waals surface area contributed by atoms with E-state index in [9.17, 15) is 8.42 Å². The van der Waals surface area contributed by atoms with Crippen molar-refractivity contribution in [2.45, 2.75) is 38.5 Å². The molecule has 0 spiro atoms. The molecule has 1 atom stereocenters. The van der Waals surface area contributed by atoms with Crippen LogP contribution in [0.15, 0.2) is 29.3 Å². The number of halogens is 1. The van der Waals surface area contributed by atoms with Gasteiger partial charge < -0.3 is 15.0 Å². The number of aliphatic imine (C=N–C) groups is 1. The molecule has 1 aromatic rings. The zero-order valence-corrected chi connectivity index (χ0v) is 19.3. The molecule has 1 N–H and O–H groups in total. The quantitative estimate of drug-likeness (QED) is 0.395. The summed E-state index contributed by atoms with van der Waals surface area (Å²) in [6.45, 7) is 9.04. The van der Waals surface area contributed by atoms with Crippen LogP contribution in [0, 0.1) is 6.92 Å². The SMILES string of the molecule is CN=C(NCC(C)Oc1cccc(C)c1)N1CCS(=O)(=O)C(C)(C)C1.I. The number of benzene rings is 1. The van der Waals surface area contributed by atoms with Crippen LogP contribution >= 0.6 is 24.0 Å². The van der Waals surface area contributed by atoms with Crippen LogP contribution in [0.2, 0.25) is 0 Å². The Morgan fingerprint density at radius 3 is 2.69 bits per heavy atom. The third kappa shape index (κ3) is 5.73. The minimum atomic E-state index is -3.06. The monoisotopic (exact) mass is 495 g/mol. The van der Waals surface area contributed by atoms with E-state index in [4.69, 9.17) is 4.74 Å². The summed E-state index contributed by atoms with van der Waals surface area (Å²) in [7, 11) is -1.35. The molecule has 2 rings (SSSR count). The molecule has 1 aromatic carbocycles. The molecule has 1 fully saturated rings. The topological polar surface area (TPSA) is 71.0 Å². The molecule has 0 aromatic heterocycles. The van der Waals surface area contributed by atoms with E-state index in [2.05, 4.69) is 10.3 Å². The van der Waals surface area contributed by atoms with Gasteiger partial charge in [0.25, 0.3) is 0 Å². The van der Waals surface area contributed by atoms with E-state index in [0.29, 0.717) is 25.6 Å². The third-order valence-corrected chi connectivity index (χ3v) is 6.96. The van der Waals surface area contributed by atoms with Gasteiger partial charge in [0.05, 0.1) is 17.0 Å². The number of nitrogens with zero attached hydrogens (tertiary/aromatic N) is 2. The van der Waals surface area contributed by atoms with Crippen LogP contribution in [-0.2, 0) is 9.84 Å². The number of hydrogen-bond donors (Lipinski definition) is 1. The summed E-state index contributed by atoms with van der Waals surface area (Å²) < 4.78 is 29.4. The van der Waals surface area contributed by atoms with Gasteiger partial charge in [-0.15, -0.1) is 24.0 Å². The summed E-state index contributed by atoms with van der Waals surface area (Å²) >= 11 is 0. The van der Waals surface area contributed by atoms with Gasteiger partial charge in [-0.2, -0.15) is 0 Å². The first-order valence-corrected chi connectivity index (χ1v) is 10.2. The average Bonchev–Trinajstić information content (AvgIpc) is 2.51. The Morgan fingerprint density at radius 1 is 1.42 bits per heavy atom. The largest absolute Gasteiger partial charge is 0.489 e. The number of nitrogens with one attached hydrogen (secondary N) is 1. The van der Waals surface area contributed by atoms with Crippen molar-refractivity contribution in [3.05, 3.63) is 29.8 Å². The molecule has 0 radical (unpaired) electrons. The molecule has 6 nitrogen and oxygen atoms in total. The zero-order valence-electron chi connectivity index (χ0n) is 16.2. The predicted molar refractivity (Wildman–Crippen MR) is 117 cm³/mol. The molecule has 0 aliphatic carbocycles. The standard InChI is InChI=1S/C18H29N3O3S.HI/c1-14-7-6-8-16(11-14)24-15(2)12-20-17(19-5)21-9-10-25(22,23)18(3,4)13-21;/h6-8,11,15H,9-10,12-13H2,1-5H3,(H,19,20);1H. The lowest BCUT2D eigenvalue weighted by Crippen LogP contribution is -2.57. The van der Waals surface area contributed by atoms with Gasteiger partial charge in [-0.1, -0.05) is 12.1 Å². The van der Waals surface area contributed by atoms with Gasteiger partial charge in [0.15, 0.2) is 15.8 Å². The van der Waals surface area contributed by atoms with Crippen LogP contribution in [0.3, 0.4) is 0 Å². The van der Waals surface area contributed by atoms with Gasteiger partial charge in [-0.05, 0) is 45.4 Å². The number of ether oxygens (including phenoxy) is 1. The summed E-state index contributed by atoms with van der Waals surface area (Å²) in [5.41, 5.74) is 1.16. The third-order valence-electron chi connectivity index (χ3n) is 4.43. The first kappa shape index (κ1) is 23.0. The summed E-state index contributed by atoms with van der Waals surface area (Å²) in [4.78, 5) is 6.30. The highest BCUT2D eigenvalue weighted by Crippen LogP contribution is 2.23. The highest BCUT2D eigenvalue weighted by Gasteiger charge is 2.40. The van der Waals surface area contributed by atoms with Crippen LogP contribution in [0.1, 0.15) is 26.3 Å². The highest BCUT2D eigenvalue weighted by atomic mass is 127. The molecular weight excluding hydrogens is 465 g/mol. The molecule has 1 aliphatic heterocycles. The maximum atomic E-state index is 12.1. The van der Waals surface area contributed by atoms with E-state index in [1.165, 1.54) is 0 Å². The summed E-state index contributed by atoms with van der Waals surface area (Å²) in [5, 5.41) is 3.29. The van der Waals surface area contributed by atoms with E-state index >= 15 is 0 Å². The molecule has 148 valence electrons. The maximum absolute atomic E-state index is 12.1. The second kappa shape index (κ2) is 9.25. The van der Waals surface area contributed by atoms with Crippen molar-refractivity contribution < 1.29 is 13.2 Å². The van der Waals surface area contributed by atoms with E-state index < -0.39 is 14.6 Å². The Morgan fingerprint density at radius 2 is 2.12 bits per heavy atom. The van der Waals surface area contributed by atoms with Gasteiger partial charge in [0.1, 0.15) is 11.9 Å². The predicted octanol–water partition coefficient (Wildman–Crippen LogP) is 2.46. The first-order valence-electron chi connectivity index (χ1n) is 8.56. The van der Waals surface area contributed by atoms with Crippen molar-refractivity contribution in [3.63, 3.8) is 0 Å². The lowest BCUT2D eigenvalue weighted by molar-refractivity contribution is 0.221. The minimum absolute atomic E-state index is 0. The van der Waals surface area contributed by atoms with Crippen molar-refractivity contribution in [1.82, 2.24) is 10.2 Å². The molecule has 1 saturated heterocycles. The van der Waals surface area contributed by atoms with Gasteiger partial charge >= 0.3 is 0 Å². The fraction of sp³-hybridized carbons (Fsp3) is 0.611. The minimum Gasteiger partial charge on any atom is -0.489 e. The van der Waals surface area contributed by atoms with E-state index in [1.54, 1.807) is 20.9 Å². The summed E-state index contributed by atoms with van der Waals surface area (Å²) in [6.07, 6.45) is -0.0416. The summed E-state index contributed by atoms with van der Waals surface area (Å²) in [5.74, 6) is 1.70. The lowest BCUT2D eigenvalue weighted by atomic mass is 10.2. The molecule has 1 heterocycles. The summed E-state index contributed by atoms with van der Waals surface area (Å²) in [6, 6.07) is 7.95. The number of guanidine groups is 1. The molecule has 8 heteroatoms. The normalized spacial score (nSPS) is 20.0. The number of sulfone groups is 1. The molecule has 1 aliphatic rings. The molecule has 0 saturated carbocycles. The van der Waals surface area contributed by atoms with Gasteiger partial charge in [0.2, 0.25) is 0 Å². The van der Waals surface area contributed by atoms with Crippen LogP contribution in [-0.4, -0.2) is 62.6 Å².